The minimum Gasteiger partial charge on any atom is -0.456 e. The average molecular weight is 1970 g/mol. The predicted octanol–water partition coefficient (Wildman–Crippen LogP) is 29.6. The fraction of sp³-hybridized carbons (Fsp3) is 0.197. The van der Waals surface area contributed by atoms with Gasteiger partial charge in [-0.3, -0.25) is 0 Å². The van der Waals surface area contributed by atoms with Crippen molar-refractivity contribution >= 4 is 65.8 Å². The van der Waals surface area contributed by atoms with Gasteiger partial charge in [-0.1, -0.05) is 295 Å². The second-order valence-corrected chi connectivity index (χ2v) is 40.9. The molecule has 24 aromatic rings. The Bertz CT molecular complexity index is 9130. The van der Waals surface area contributed by atoms with E-state index in [4.69, 9.17) is 38.7 Å². The molecule has 0 atom stereocenters. The van der Waals surface area contributed by atoms with Crippen molar-refractivity contribution in [2.24, 2.45) is 35.2 Å². The zero-order chi connectivity index (χ0) is 105. The van der Waals surface area contributed by atoms with Crippen molar-refractivity contribution in [1.82, 2.24) is 48.9 Å². The summed E-state index contributed by atoms with van der Waals surface area (Å²) in [5.41, 5.74) is 42.6. The van der Waals surface area contributed by atoms with Gasteiger partial charge in [-0.05, 0) is 298 Å². The maximum absolute atomic E-state index is 6.42. The first kappa shape index (κ1) is 99.9. The summed E-state index contributed by atoms with van der Waals surface area (Å²) in [6, 6.07) is 113. The average Bonchev–Trinajstić information content (AvgIpc) is 1.58. The molecule has 150 heavy (non-hydrogen) atoms. The minimum atomic E-state index is 0.280. The van der Waals surface area contributed by atoms with Gasteiger partial charge in [0.2, 0.25) is 0 Å². The summed E-state index contributed by atoms with van der Waals surface area (Å²) in [6.45, 7) is 39.4. The number of benzene rings is 16. The van der Waals surface area contributed by atoms with Gasteiger partial charge in [0.25, 0.3) is 60.8 Å². The number of furan rings is 3. The van der Waals surface area contributed by atoms with E-state index in [2.05, 4.69) is 465 Å². The summed E-state index contributed by atoms with van der Waals surface area (Å²) in [7, 11) is 10.3. The lowest BCUT2D eigenvalue weighted by Crippen LogP contribution is -2.29. The molecule has 16 aromatic carbocycles. The SMILES string of the molecule is Cc1cc(-c2ccccc2)cc(C)c1-n1nc[n+](C)c1-c1c(C)ccc2c1oc1ccccc12.Cc1ccccc1-c1n(-c2c(C(C)C)cc(-c3ccccc3)cc2C(C)C)nc[n+]1C.Cc1ccccc1-c1n(-c2c(C)cc(-c3ccccc3)cc2C)nc[n+]1C.Cc1ccccc1-c1n(-c2c(C)cc3c(oc4ccccc43)c2C(C)C)nc[n+]1C.Cc1ccccc1-c1n(-c2c(C)cc3c(oc4ccccc43)c2C)nc[n+]1C. The van der Waals surface area contributed by atoms with E-state index < -0.39 is 0 Å². The van der Waals surface area contributed by atoms with Crippen molar-refractivity contribution in [2.75, 3.05) is 0 Å². The van der Waals surface area contributed by atoms with Gasteiger partial charge < -0.3 is 13.3 Å². The number of fused-ring (bicyclic) bond motifs is 9. The van der Waals surface area contributed by atoms with Crippen LogP contribution in [0.1, 0.15) is 143 Å². The maximum Gasteiger partial charge on any atom is 0.277 e. The second kappa shape index (κ2) is 41.9. The van der Waals surface area contributed by atoms with Crippen LogP contribution in [0.5, 0.6) is 0 Å². The Morgan fingerprint density at radius 1 is 0.213 bits per heavy atom. The molecule has 0 radical (unpaired) electrons. The van der Waals surface area contributed by atoms with Crippen LogP contribution in [0, 0.1) is 83.1 Å². The molecule has 0 N–H and O–H groups in total. The zero-order valence-electron chi connectivity index (χ0n) is 90.2. The van der Waals surface area contributed by atoms with Crippen molar-refractivity contribution in [2.45, 2.75) is 142 Å². The molecule has 0 aliphatic rings. The summed E-state index contributed by atoms with van der Waals surface area (Å²) < 4.78 is 39.9. The van der Waals surface area contributed by atoms with Crippen LogP contribution >= 0.6 is 0 Å². The van der Waals surface area contributed by atoms with Crippen LogP contribution in [-0.2, 0) is 35.2 Å². The third-order valence-corrected chi connectivity index (χ3v) is 29.2. The second-order valence-electron chi connectivity index (χ2n) is 40.9. The number of hydrogen-bond acceptors (Lipinski definition) is 8. The largest absolute Gasteiger partial charge is 0.456 e. The number of nitrogens with zero attached hydrogens (tertiary/aromatic N) is 15. The molecule has 18 nitrogen and oxygen atoms in total. The molecule has 0 unspecified atom stereocenters. The monoisotopic (exact) mass is 1970 g/mol. The van der Waals surface area contributed by atoms with Crippen molar-refractivity contribution in [3.05, 3.63) is 437 Å². The van der Waals surface area contributed by atoms with Gasteiger partial charge in [0.05, 0.1) is 63.1 Å². The van der Waals surface area contributed by atoms with E-state index in [0.717, 1.165) is 129 Å². The van der Waals surface area contributed by atoms with Crippen molar-refractivity contribution in [1.29, 1.82) is 0 Å². The molecule has 0 aliphatic heterocycles. The third-order valence-electron chi connectivity index (χ3n) is 29.2. The molecule has 0 saturated carbocycles. The van der Waals surface area contributed by atoms with Crippen LogP contribution in [-0.4, -0.2) is 48.9 Å². The maximum atomic E-state index is 6.42. The van der Waals surface area contributed by atoms with Gasteiger partial charge in [0.15, 0.2) is 11.4 Å². The summed E-state index contributed by atoms with van der Waals surface area (Å²) in [5, 5.41) is 30.8. The first-order valence-corrected chi connectivity index (χ1v) is 51.8. The van der Waals surface area contributed by atoms with Crippen LogP contribution < -0.4 is 22.8 Å². The third kappa shape index (κ3) is 18.8. The fourth-order valence-electron chi connectivity index (χ4n) is 21.8. The smallest absolute Gasteiger partial charge is 0.277 e. The molecule has 8 heterocycles. The standard InChI is InChI=1S/C30H26N3O.C28H32N3.C26H26N3O.C24H22N3O.C24H24N3/c1-19-14-15-25-24-12-8-9-13-26(24)34-29(25)27(19)30-32(4)18-31-33(30)28-20(2)16-23(17-21(28)3)22-10-6-5-7-11-22;1-19(2)25-16-23(22-13-8-7-9-14-22)17-26(20(3)4)27(25)31-28(30(6)18-29-31)24-15-11-10-12-21(24)5;1-16(2)23-24(18(4)14-21-20-12-8-9-13-22(20)30-25(21)23)29-26(28(5)15-27-29)19-11-7-6-10-17(19)3;1-15-9-5-6-10-18(15)24-26(4)14-25-27(24)22-16(2)13-20-19-11-7-8-12-21(19)28-23(20)17(22)3;1-17-10-8-9-13-22(17)24-26(4)16-25-27(24)23-18(2)14-21(15-19(23)3)20-11-6-5-7-12-20/h5-18H,1-4H3;7-20H,1-6H3;6-16H,1-5H3;5-14H,1-4H3;5-16H,1-4H3/q5*+1. The molecule has 8 aromatic heterocycles. The van der Waals surface area contributed by atoms with E-state index >= 15 is 0 Å². The molecular formula is C132H130N15O3+5. The molecule has 18 heteroatoms. The van der Waals surface area contributed by atoms with Crippen molar-refractivity contribution in [3.63, 3.8) is 0 Å². The molecular weight excluding hydrogens is 1840 g/mol. The van der Waals surface area contributed by atoms with Crippen molar-refractivity contribution < 1.29 is 36.1 Å². The van der Waals surface area contributed by atoms with Gasteiger partial charge in [-0.2, -0.15) is 0 Å². The van der Waals surface area contributed by atoms with E-state index in [1.54, 1.807) is 0 Å². The number of para-hydroxylation sites is 3. The summed E-state index contributed by atoms with van der Waals surface area (Å²) >= 11 is 0. The first-order chi connectivity index (χ1) is 72.5. The Morgan fingerprint density at radius 2 is 0.493 bits per heavy atom. The quantitative estimate of drug-likeness (QED) is 0.0869. The molecule has 0 bridgehead atoms. The molecule has 0 aliphatic carbocycles. The highest BCUT2D eigenvalue weighted by molar-refractivity contribution is 6.11. The molecule has 0 fully saturated rings. The normalized spacial score (nSPS) is 11.5. The van der Waals surface area contributed by atoms with Crippen LogP contribution in [0.25, 0.3) is 185 Å². The van der Waals surface area contributed by atoms with E-state index in [9.17, 15) is 0 Å². The van der Waals surface area contributed by atoms with Crippen LogP contribution in [0.4, 0.5) is 0 Å². The lowest BCUT2D eigenvalue weighted by Gasteiger charge is -2.19. The zero-order valence-corrected chi connectivity index (χ0v) is 90.2. The molecule has 0 amide bonds. The van der Waals surface area contributed by atoms with Crippen molar-refractivity contribution in [3.8, 4) is 119 Å². The van der Waals surface area contributed by atoms with E-state index in [1.807, 2.05) is 93.9 Å². The summed E-state index contributed by atoms with van der Waals surface area (Å²) in [6.07, 6.45) is 9.42. The van der Waals surface area contributed by atoms with E-state index in [-0.39, 0.29) is 5.92 Å². The minimum absolute atomic E-state index is 0.280. The Hall–Kier alpha value is -17.4. The van der Waals surface area contributed by atoms with E-state index in [0.29, 0.717) is 11.8 Å². The number of hydrogen-bond donors (Lipinski definition) is 0. The summed E-state index contributed by atoms with van der Waals surface area (Å²) in [4.78, 5) is 0. The highest BCUT2D eigenvalue weighted by Crippen LogP contribution is 2.46. The predicted molar refractivity (Wildman–Crippen MR) is 608 cm³/mol. The Balaban J connectivity index is 0.000000114. The molecule has 746 valence electrons. The number of aromatic nitrogens is 15. The number of aryl methyl sites for hydroxylation is 17. The lowest BCUT2D eigenvalue weighted by atomic mass is 9.88. The molecule has 0 saturated heterocycles. The molecule has 0 spiro atoms. The lowest BCUT2D eigenvalue weighted by molar-refractivity contribution is -0.661. The van der Waals surface area contributed by atoms with Crippen LogP contribution in [0.15, 0.2) is 366 Å². The number of rotatable bonds is 16. The fourth-order valence-corrected chi connectivity index (χ4v) is 21.8. The van der Waals surface area contributed by atoms with Crippen LogP contribution in [0.3, 0.4) is 0 Å². The van der Waals surface area contributed by atoms with Gasteiger partial charge in [0.1, 0.15) is 50.6 Å². The highest BCUT2D eigenvalue weighted by atomic mass is 16.3. The van der Waals surface area contributed by atoms with Gasteiger partial charge in [-0.15, -0.1) is 0 Å². The highest BCUT2D eigenvalue weighted by Gasteiger charge is 2.36. The summed E-state index contributed by atoms with van der Waals surface area (Å²) in [5.74, 6) is 6.34. The molecule has 24 rings (SSSR count). The Kier molecular flexibility index (Phi) is 27.9. The van der Waals surface area contributed by atoms with Gasteiger partial charge in [0, 0.05) is 68.9 Å². The Labute approximate surface area is 878 Å². The van der Waals surface area contributed by atoms with E-state index in [1.165, 1.54) is 139 Å². The van der Waals surface area contributed by atoms with Gasteiger partial charge >= 0.3 is 0 Å². The topological polar surface area (TPSA) is 148 Å². The Morgan fingerprint density at radius 3 is 0.860 bits per heavy atom. The van der Waals surface area contributed by atoms with Gasteiger partial charge in [-0.25, -0.2) is 22.8 Å². The van der Waals surface area contributed by atoms with Crippen LogP contribution in [0.2, 0.25) is 0 Å². The first-order valence-electron chi connectivity index (χ1n) is 51.8.